The normalized spacial score (nSPS) is 16.6. The number of nitro groups is 1. The van der Waals surface area contributed by atoms with Crippen molar-refractivity contribution in [3.63, 3.8) is 0 Å². The van der Waals surface area contributed by atoms with Gasteiger partial charge in [0.25, 0.3) is 11.6 Å². The molecule has 8 heteroatoms. The van der Waals surface area contributed by atoms with Gasteiger partial charge < -0.3 is 15.5 Å². The van der Waals surface area contributed by atoms with Crippen LogP contribution in [0.4, 0.5) is 11.4 Å². The number of carbonyl (C=O) groups excluding carboxylic acids is 2. The van der Waals surface area contributed by atoms with E-state index in [4.69, 9.17) is 0 Å². The van der Waals surface area contributed by atoms with Crippen molar-refractivity contribution in [3.05, 3.63) is 33.9 Å². The predicted octanol–water partition coefficient (Wildman–Crippen LogP) is 1.91. The molecule has 0 radical (unpaired) electrons. The molecule has 0 atom stereocenters. The minimum Gasteiger partial charge on any atom is -0.379 e. The Morgan fingerprint density at radius 2 is 1.96 bits per heavy atom. The van der Waals surface area contributed by atoms with E-state index in [0.717, 1.165) is 38.8 Å². The van der Waals surface area contributed by atoms with E-state index in [1.807, 2.05) is 4.90 Å². The first-order chi connectivity index (χ1) is 12.0. The maximum atomic E-state index is 12.0. The average molecular weight is 346 g/mol. The van der Waals surface area contributed by atoms with Crippen LogP contribution in [0.1, 0.15) is 42.5 Å². The van der Waals surface area contributed by atoms with E-state index >= 15 is 0 Å². The number of nitrogens with zero attached hydrogens (tertiary/aromatic N) is 2. The van der Waals surface area contributed by atoms with Crippen LogP contribution in [-0.4, -0.2) is 47.3 Å². The zero-order chi connectivity index (χ0) is 17.8. The maximum Gasteiger partial charge on any atom is 0.293 e. The van der Waals surface area contributed by atoms with Gasteiger partial charge in [-0.2, -0.15) is 0 Å². The molecule has 1 aromatic carbocycles. The second kappa shape index (κ2) is 7.50. The van der Waals surface area contributed by atoms with Gasteiger partial charge in [-0.05, 0) is 37.8 Å². The van der Waals surface area contributed by atoms with Crippen LogP contribution in [0.3, 0.4) is 0 Å². The van der Waals surface area contributed by atoms with E-state index in [9.17, 15) is 19.7 Å². The topological polar surface area (TPSA) is 105 Å². The number of benzene rings is 1. The molecule has 0 unspecified atom stereocenters. The van der Waals surface area contributed by atoms with Crippen molar-refractivity contribution in [2.75, 3.05) is 25.0 Å². The fraction of sp³-hybridized carbons (Fsp3) is 0.529. The van der Waals surface area contributed by atoms with Gasteiger partial charge in [-0.1, -0.05) is 0 Å². The number of carbonyl (C=O) groups is 2. The maximum absolute atomic E-state index is 12.0. The number of nitrogens with one attached hydrogen (secondary N) is 2. The smallest absolute Gasteiger partial charge is 0.293 e. The van der Waals surface area contributed by atoms with Gasteiger partial charge in [0, 0.05) is 43.7 Å². The van der Waals surface area contributed by atoms with Crippen LogP contribution in [-0.2, 0) is 4.79 Å². The van der Waals surface area contributed by atoms with Crippen molar-refractivity contribution in [3.8, 4) is 0 Å². The number of likely N-dealkylation sites (tertiary alicyclic amines) is 1. The monoisotopic (exact) mass is 346 g/mol. The Kier molecular flexibility index (Phi) is 5.16. The van der Waals surface area contributed by atoms with E-state index in [1.165, 1.54) is 12.1 Å². The molecule has 2 N–H and O–H groups in total. The second-order valence-electron chi connectivity index (χ2n) is 6.50. The zero-order valence-corrected chi connectivity index (χ0v) is 14.0. The first kappa shape index (κ1) is 17.2. The first-order valence-electron chi connectivity index (χ1n) is 8.65. The molecular formula is C17H22N4O4. The lowest BCUT2D eigenvalue weighted by Crippen LogP contribution is -2.29. The summed E-state index contributed by atoms with van der Waals surface area (Å²) in [6, 6.07) is 4.57. The van der Waals surface area contributed by atoms with Crippen LogP contribution >= 0.6 is 0 Å². The Labute approximate surface area is 145 Å². The Morgan fingerprint density at radius 3 is 2.60 bits per heavy atom. The molecule has 0 bridgehead atoms. The molecule has 0 aromatic heterocycles. The minimum atomic E-state index is -0.515. The number of hydrogen-bond donors (Lipinski definition) is 2. The fourth-order valence-electron chi connectivity index (χ4n) is 2.90. The molecule has 134 valence electrons. The summed E-state index contributed by atoms with van der Waals surface area (Å²) in [6.07, 6.45) is 4.28. The minimum absolute atomic E-state index is 0.0630. The third kappa shape index (κ3) is 4.46. The summed E-state index contributed by atoms with van der Waals surface area (Å²) in [6.45, 7) is 1.91. The number of rotatable bonds is 7. The molecule has 2 amide bonds. The highest BCUT2D eigenvalue weighted by molar-refractivity contribution is 5.96. The Balaban J connectivity index is 1.60. The second-order valence-corrected chi connectivity index (χ2v) is 6.50. The molecule has 8 nitrogen and oxygen atoms in total. The largest absolute Gasteiger partial charge is 0.379 e. The van der Waals surface area contributed by atoms with Crippen LogP contribution in [0.5, 0.6) is 0 Å². The van der Waals surface area contributed by atoms with Gasteiger partial charge in [-0.3, -0.25) is 19.7 Å². The van der Waals surface area contributed by atoms with E-state index in [2.05, 4.69) is 10.6 Å². The van der Waals surface area contributed by atoms with Crippen molar-refractivity contribution < 1.29 is 14.5 Å². The highest BCUT2D eigenvalue weighted by Crippen LogP contribution is 2.26. The van der Waals surface area contributed by atoms with Gasteiger partial charge >= 0.3 is 0 Å². The average Bonchev–Trinajstić information content (AvgIpc) is 3.23. The Bertz CT molecular complexity index is 681. The van der Waals surface area contributed by atoms with Crippen LogP contribution < -0.4 is 10.6 Å². The van der Waals surface area contributed by atoms with Crippen molar-refractivity contribution in [1.29, 1.82) is 0 Å². The van der Waals surface area contributed by atoms with Gasteiger partial charge in [-0.15, -0.1) is 0 Å². The van der Waals surface area contributed by atoms with E-state index < -0.39 is 4.92 Å². The summed E-state index contributed by atoms with van der Waals surface area (Å²) in [5.41, 5.74) is 0.441. The van der Waals surface area contributed by atoms with Gasteiger partial charge in [0.15, 0.2) is 0 Å². The molecule has 1 aromatic rings. The molecule has 3 rings (SSSR count). The van der Waals surface area contributed by atoms with Crippen molar-refractivity contribution >= 4 is 23.2 Å². The summed E-state index contributed by atoms with van der Waals surface area (Å²) in [5, 5.41) is 17.1. The summed E-state index contributed by atoms with van der Waals surface area (Å²) in [7, 11) is 0. The fourth-order valence-corrected chi connectivity index (χ4v) is 2.90. The molecule has 0 spiro atoms. The third-order valence-corrected chi connectivity index (χ3v) is 4.48. The summed E-state index contributed by atoms with van der Waals surface area (Å²) in [4.78, 5) is 36.6. The van der Waals surface area contributed by atoms with E-state index in [1.54, 1.807) is 6.07 Å². The van der Waals surface area contributed by atoms with Gasteiger partial charge in [0.2, 0.25) is 5.91 Å². The van der Waals surface area contributed by atoms with E-state index in [-0.39, 0.29) is 29.1 Å². The quantitative estimate of drug-likeness (QED) is 0.580. The summed E-state index contributed by atoms with van der Waals surface area (Å²) in [5.74, 6) is -0.227. The lowest BCUT2D eigenvalue weighted by molar-refractivity contribution is -0.384. The highest BCUT2D eigenvalue weighted by atomic mass is 16.6. The number of hydrogen-bond acceptors (Lipinski definition) is 5. The predicted molar refractivity (Wildman–Crippen MR) is 92.5 cm³/mol. The molecule has 1 aliphatic carbocycles. The van der Waals surface area contributed by atoms with Crippen molar-refractivity contribution in [2.24, 2.45) is 0 Å². The number of anilines is 1. The molecule has 1 heterocycles. The van der Waals surface area contributed by atoms with Crippen LogP contribution in [0.2, 0.25) is 0 Å². The van der Waals surface area contributed by atoms with Crippen LogP contribution in [0.25, 0.3) is 0 Å². The molecule has 1 aliphatic heterocycles. The van der Waals surface area contributed by atoms with Gasteiger partial charge in [0.1, 0.15) is 5.69 Å². The molecule has 2 fully saturated rings. The molecular weight excluding hydrogens is 324 g/mol. The Hall–Kier alpha value is -2.64. The summed E-state index contributed by atoms with van der Waals surface area (Å²) < 4.78 is 0. The molecule has 2 aliphatic rings. The lowest BCUT2D eigenvalue weighted by atomic mass is 10.1. The van der Waals surface area contributed by atoms with Gasteiger partial charge in [-0.25, -0.2) is 0 Å². The SMILES string of the molecule is O=C(NC1CC1)c1ccc(NCCC(=O)N2CCCC2)c([N+](=O)[O-])c1. The third-order valence-electron chi connectivity index (χ3n) is 4.48. The molecule has 1 saturated carbocycles. The highest BCUT2D eigenvalue weighted by Gasteiger charge is 2.25. The Morgan fingerprint density at radius 1 is 1.24 bits per heavy atom. The summed E-state index contributed by atoms with van der Waals surface area (Å²) >= 11 is 0. The van der Waals surface area contributed by atoms with Gasteiger partial charge in [0.05, 0.1) is 4.92 Å². The molecule has 25 heavy (non-hydrogen) atoms. The first-order valence-corrected chi connectivity index (χ1v) is 8.65. The zero-order valence-electron chi connectivity index (χ0n) is 14.0. The van der Waals surface area contributed by atoms with E-state index in [0.29, 0.717) is 18.7 Å². The standard InChI is InChI=1S/C17H22N4O4/c22-16(20-9-1-2-10-20)7-8-18-14-6-3-12(11-15(14)21(24)25)17(23)19-13-4-5-13/h3,6,11,13,18H,1-2,4-5,7-10H2,(H,19,23). The lowest BCUT2D eigenvalue weighted by Gasteiger charge is -2.15. The van der Waals surface area contributed by atoms with Crippen molar-refractivity contribution in [2.45, 2.75) is 38.1 Å². The number of nitro benzene ring substituents is 1. The van der Waals surface area contributed by atoms with Crippen molar-refractivity contribution in [1.82, 2.24) is 10.2 Å². The number of amides is 2. The molecule has 1 saturated heterocycles. The van der Waals surface area contributed by atoms with Crippen LogP contribution in [0.15, 0.2) is 18.2 Å². The van der Waals surface area contributed by atoms with Crippen LogP contribution in [0, 0.1) is 10.1 Å².